The Morgan fingerprint density at radius 1 is 1.25 bits per heavy atom. The van der Waals surface area contributed by atoms with Crippen LogP contribution in [0.15, 0.2) is 40.6 Å². The van der Waals surface area contributed by atoms with Crippen LogP contribution in [0.25, 0.3) is 0 Å². The van der Waals surface area contributed by atoms with Gasteiger partial charge in [-0.15, -0.1) is 23.1 Å². The first-order valence-corrected chi connectivity index (χ1v) is 8.13. The van der Waals surface area contributed by atoms with E-state index in [2.05, 4.69) is 46.5 Å². The molecule has 0 bridgehead atoms. The lowest BCUT2D eigenvalue weighted by Gasteiger charge is -2.09. The van der Waals surface area contributed by atoms with Crippen LogP contribution in [-0.4, -0.2) is 6.26 Å². The Morgan fingerprint density at radius 2 is 1.94 bits per heavy atom. The quantitative estimate of drug-likeness (QED) is 0.520. The number of hydrogen-bond acceptors (Lipinski definition) is 2. The van der Waals surface area contributed by atoms with E-state index in [0.29, 0.717) is 0 Å². The highest BCUT2D eigenvalue weighted by molar-refractivity contribution is 9.09. The maximum atomic E-state index is 6.12. The number of alkyl halides is 1. The Labute approximate surface area is 117 Å². The zero-order valence-corrected chi connectivity index (χ0v) is 12.6. The molecule has 2 rings (SSSR count). The lowest BCUT2D eigenvalue weighted by molar-refractivity contribution is 1.21. The molecule has 4 heteroatoms. The largest absolute Gasteiger partial charge is 0.146 e. The van der Waals surface area contributed by atoms with Gasteiger partial charge in [-0.3, -0.25) is 0 Å². The molecule has 0 aliphatic rings. The molecule has 1 atom stereocenters. The molecule has 0 radical (unpaired) electrons. The van der Waals surface area contributed by atoms with E-state index >= 15 is 0 Å². The predicted octanol–water partition coefficient (Wildman–Crippen LogP) is 5.61. The van der Waals surface area contributed by atoms with Crippen molar-refractivity contribution in [3.05, 3.63) is 51.2 Å². The third-order valence-corrected chi connectivity index (χ3v) is 5.74. The van der Waals surface area contributed by atoms with Gasteiger partial charge in [0, 0.05) is 9.77 Å². The van der Waals surface area contributed by atoms with Crippen LogP contribution in [0.1, 0.15) is 15.3 Å². The van der Waals surface area contributed by atoms with E-state index < -0.39 is 0 Å². The fraction of sp³-hybridized carbons (Fsp3) is 0.167. The molecule has 0 N–H and O–H groups in total. The lowest BCUT2D eigenvalue weighted by atomic mass is 10.1. The maximum Gasteiger partial charge on any atom is 0.0753 e. The molecule has 84 valence electrons. The average molecular weight is 334 g/mol. The molecule has 0 aliphatic carbocycles. The lowest BCUT2D eigenvalue weighted by Crippen LogP contribution is -1.89. The van der Waals surface area contributed by atoms with E-state index in [4.69, 9.17) is 11.6 Å². The first-order chi connectivity index (χ1) is 7.72. The Kier molecular flexibility index (Phi) is 4.36. The molecule has 0 saturated carbocycles. The highest BCUT2D eigenvalue weighted by atomic mass is 79.9. The normalized spacial score (nSPS) is 12.7. The van der Waals surface area contributed by atoms with Crippen LogP contribution in [-0.2, 0) is 0 Å². The minimum absolute atomic E-state index is 0.191. The van der Waals surface area contributed by atoms with Crippen molar-refractivity contribution in [1.29, 1.82) is 0 Å². The molecule has 2 aromatic rings. The molecule has 1 unspecified atom stereocenters. The second-order valence-electron chi connectivity index (χ2n) is 3.27. The SMILES string of the molecule is CSc1ccc(C(Br)c2sccc2Cl)cc1. The fourth-order valence-corrected chi connectivity index (χ4v) is 3.99. The van der Waals surface area contributed by atoms with Gasteiger partial charge < -0.3 is 0 Å². The minimum atomic E-state index is 0.191. The molecular weight excluding hydrogens is 324 g/mol. The van der Waals surface area contributed by atoms with Crippen molar-refractivity contribution in [3.8, 4) is 0 Å². The maximum absolute atomic E-state index is 6.12. The molecule has 1 aromatic carbocycles. The first kappa shape index (κ1) is 12.5. The van der Waals surface area contributed by atoms with Gasteiger partial charge >= 0.3 is 0 Å². The topological polar surface area (TPSA) is 0 Å². The third-order valence-electron chi connectivity index (χ3n) is 2.28. The summed E-state index contributed by atoms with van der Waals surface area (Å²) in [6, 6.07) is 10.5. The van der Waals surface area contributed by atoms with Crippen molar-refractivity contribution >= 4 is 50.6 Å². The zero-order chi connectivity index (χ0) is 11.5. The smallest absolute Gasteiger partial charge is 0.0753 e. The predicted molar refractivity (Wildman–Crippen MR) is 78.3 cm³/mol. The molecule has 0 fully saturated rings. The van der Waals surface area contributed by atoms with Crippen LogP contribution in [0.3, 0.4) is 0 Å². The van der Waals surface area contributed by atoms with Gasteiger partial charge in [0.2, 0.25) is 0 Å². The molecule has 0 nitrogen and oxygen atoms in total. The van der Waals surface area contributed by atoms with Crippen molar-refractivity contribution in [2.45, 2.75) is 9.72 Å². The van der Waals surface area contributed by atoms with Gasteiger partial charge in [0.15, 0.2) is 0 Å². The van der Waals surface area contributed by atoms with Crippen molar-refractivity contribution in [1.82, 2.24) is 0 Å². The molecular formula is C12H10BrClS2. The van der Waals surface area contributed by atoms with Gasteiger partial charge in [-0.25, -0.2) is 0 Å². The molecule has 1 heterocycles. The summed E-state index contributed by atoms with van der Waals surface area (Å²) >= 11 is 13.2. The minimum Gasteiger partial charge on any atom is -0.146 e. The molecule has 0 aliphatic heterocycles. The number of thioether (sulfide) groups is 1. The fourth-order valence-electron chi connectivity index (χ4n) is 1.41. The highest BCUT2D eigenvalue weighted by Crippen LogP contribution is 2.38. The molecule has 16 heavy (non-hydrogen) atoms. The molecule has 0 saturated heterocycles. The summed E-state index contributed by atoms with van der Waals surface area (Å²) in [5.74, 6) is 0. The summed E-state index contributed by atoms with van der Waals surface area (Å²) in [4.78, 5) is 2.63. The van der Waals surface area contributed by atoms with Gasteiger partial charge in [-0.2, -0.15) is 0 Å². The Bertz CT molecular complexity index is 464. The third kappa shape index (κ3) is 2.65. The highest BCUT2D eigenvalue weighted by Gasteiger charge is 2.14. The van der Waals surface area contributed by atoms with Crippen LogP contribution >= 0.6 is 50.6 Å². The zero-order valence-electron chi connectivity index (χ0n) is 8.61. The van der Waals surface area contributed by atoms with Crippen LogP contribution in [0.4, 0.5) is 0 Å². The Balaban J connectivity index is 2.27. The molecule has 1 aromatic heterocycles. The van der Waals surface area contributed by atoms with E-state index in [1.165, 1.54) is 15.3 Å². The van der Waals surface area contributed by atoms with E-state index in [1.54, 1.807) is 23.1 Å². The number of benzene rings is 1. The van der Waals surface area contributed by atoms with Crippen molar-refractivity contribution in [2.75, 3.05) is 6.26 Å². The second kappa shape index (κ2) is 5.58. The summed E-state index contributed by atoms with van der Waals surface area (Å²) in [7, 11) is 0. The van der Waals surface area contributed by atoms with Gasteiger partial charge in [0.25, 0.3) is 0 Å². The number of thiophene rings is 1. The van der Waals surface area contributed by atoms with Crippen LogP contribution in [0, 0.1) is 0 Å². The monoisotopic (exact) mass is 332 g/mol. The van der Waals surface area contributed by atoms with Crippen LogP contribution in [0.2, 0.25) is 5.02 Å². The summed E-state index contributed by atoms with van der Waals surface area (Å²) in [5.41, 5.74) is 1.24. The van der Waals surface area contributed by atoms with E-state index in [9.17, 15) is 0 Å². The van der Waals surface area contributed by atoms with Crippen molar-refractivity contribution in [2.24, 2.45) is 0 Å². The van der Waals surface area contributed by atoms with E-state index in [0.717, 1.165) is 5.02 Å². The average Bonchev–Trinajstić information content (AvgIpc) is 2.75. The number of hydrogen-bond donors (Lipinski definition) is 0. The second-order valence-corrected chi connectivity index (χ2v) is 6.42. The number of halogens is 2. The van der Waals surface area contributed by atoms with Gasteiger partial charge in [-0.1, -0.05) is 39.7 Å². The Morgan fingerprint density at radius 3 is 2.44 bits per heavy atom. The summed E-state index contributed by atoms with van der Waals surface area (Å²) < 4.78 is 0. The van der Waals surface area contributed by atoms with Gasteiger partial charge in [0.05, 0.1) is 9.85 Å². The molecule has 0 amide bonds. The summed E-state index contributed by atoms with van der Waals surface area (Å²) in [6.45, 7) is 0. The number of rotatable bonds is 3. The summed E-state index contributed by atoms with van der Waals surface area (Å²) in [5, 5.41) is 2.85. The molecule has 0 spiro atoms. The van der Waals surface area contributed by atoms with Crippen LogP contribution < -0.4 is 0 Å². The van der Waals surface area contributed by atoms with Crippen molar-refractivity contribution in [3.63, 3.8) is 0 Å². The van der Waals surface area contributed by atoms with Crippen LogP contribution in [0.5, 0.6) is 0 Å². The van der Waals surface area contributed by atoms with E-state index in [1.807, 2.05) is 11.4 Å². The van der Waals surface area contributed by atoms with E-state index in [-0.39, 0.29) is 4.83 Å². The van der Waals surface area contributed by atoms with Crippen molar-refractivity contribution < 1.29 is 0 Å². The summed E-state index contributed by atoms with van der Waals surface area (Å²) in [6.07, 6.45) is 2.08. The first-order valence-electron chi connectivity index (χ1n) is 4.73. The Hall–Kier alpha value is 0.0400. The van der Waals surface area contributed by atoms with Gasteiger partial charge in [0.1, 0.15) is 0 Å². The van der Waals surface area contributed by atoms with Gasteiger partial charge in [-0.05, 0) is 35.4 Å². The standard InChI is InChI=1S/C12H10BrClS2/c1-15-9-4-2-8(3-5-9)11(13)12-10(14)6-7-16-12/h2-7,11H,1H3.